The van der Waals surface area contributed by atoms with Crippen molar-refractivity contribution >= 4 is 11.8 Å². The van der Waals surface area contributed by atoms with Crippen LogP contribution in [0.3, 0.4) is 0 Å². The Balaban J connectivity index is 1.96. The summed E-state index contributed by atoms with van der Waals surface area (Å²) in [5.74, 6) is 0.552. The summed E-state index contributed by atoms with van der Waals surface area (Å²) in [7, 11) is 1.58. The van der Waals surface area contributed by atoms with Gasteiger partial charge < -0.3 is 4.74 Å². The smallest absolute Gasteiger partial charge is 0.233 e. The predicted octanol–water partition coefficient (Wildman–Crippen LogP) is -0.506. The van der Waals surface area contributed by atoms with Crippen LogP contribution in [-0.4, -0.2) is 37.0 Å². The van der Waals surface area contributed by atoms with Crippen molar-refractivity contribution in [2.45, 2.75) is 0 Å². The number of carbonyl (C=O) groups excluding carboxylic acids is 2. The van der Waals surface area contributed by atoms with E-state index in [4.69, 9.17) is 4.74 Å². The second kappa shape index (κ2) is 2.12. The van der Waals surface area contributed by atoms with E-state index in [1.165, 1.54) is 4.90 Å². The molecular weight excluding hydrogens is 170 g/mol. The maximum absolute atomic E-state index is 11.6. The van der Waals surface area contributed by atoms with Crippen molar-refractivity contribution in [3.8, 4) is 0 Å². The first kappa shape index (κ1) is 7.50. The van der Waals surface area contributed by atoms with E-state index in [9.17, 15) is 9.59 Å². The number of amides is 2. The number of carbonyl (C=O) groups is 2. The average molecular weight is 181 g/mol. The average Bonchev–Trinajstić information content (AvgIpc) is 2.54. The normalized spacial score (nSPS) is 47.6. The van der Waals surface area contributed by atoms with Gasteiger partial charge >= 0.3 is 0 Å². The van der Waals surface area contributed by atoms with Crippen LogP contribution in [0.25, 0.3) is 0 Å². The molecule has 1 saturated carbocycles. The molecule has 4 atom stereocenters. The highest BCUT2D eigenvalue weighted by molar-refractivity contribution is 6.06. The molecule has 0 aromatic heterocycles. The lowest BCUT2D eigenvalue weighted by molar-refractivity contribution is -0.137. The Labute approximate surface area is 75.8 Å². The molecule has 0 aromatic carbocycles. The molecule has 0 unspecified atom stereocenters. The Morgan fingerprint density at radius 3 is 2.08 bits per heavy atom. The molecule has 4 nitrogen and oxygen atoms in total. The summed E-state index contributed by atoms with van der Waals surface area (Å²) in [6.07, 6.45) is 0. The fraction of sp³-hybridized carbons (Fsp3) is 0.778. The van der Waals surface area contributed by atoms with Crippen LogP contribution in [0.2, 0.25) is 0 Å². The van der Waals surface area contributed by atoms with E-state index < -0.39 is 0 Å². The molecular formula is C9H11NO3. The lowest BCUT2D eigenvalue weighted by Crippen LogP contribution is -2.47. The van der Waals surface area contributed by atoms with Crippen molar-refractivity contribution < 1.29 is 14.3 Å². The first-order valence-electron chi connectivity index (χ1n) is 4.61. The fourth-order valence-corrected chi connectivity index (χ4v) is 2.94. The molecule has 2 amide bonds. The third-order valence-corrected chi connectivity index (χ3v) is 3.71. The number of fused-ring (bicyclic) bond motifs is 4. The second-order valence-corrected chi connectivity index (χ2v) is 4.15. The van der Waals surface area contributed by atoms with Gasteiger partial charge in [0.05, 0.1) is 25.0 Å². The van der Waals surface area contributed by atoms with E-state index in [-0.39, 0.29) is 23.7 Å². The number of imide groups is 1. The van der Waals surface area contributed by atoms with E-state index in [0.717, 1.165) is 0 Å². The summed E-state index contributed by atoms with van der Waals surface area (Å²) >= 11 is 0. The fourth-order valence-electron chi connectivity index (χ4n) is 2.94. The van der Waals surface area contributed by atoms with Gasteiger partial charge in [-0.25, -0.2) is 0 Å². The van der Waals surface area contributed by atoms with Gasteiger partial charge in [-0.05, 0) is 0 Å². The standard InChI is InChI=1S/C9H11NO3/c1-10-8(11)6-4-2-13-3-5(4)7(6)9(10)12/h4-7H,2-3H2,1H3/t4-,5+,6+,7-. The Kier molecular flexibility index (Phi) is 1.22. The van der Waals surface area contributed by atoms with Gasteiger partial charge in [-0.3, -0.25) is 14.5 Å². The zero-order chi connectivity index (χ0) is 9.16. The molecule has 0 radical (unpaired) electrons. The molecule has 70 valence electrons. The Morgan fingerprint density at radius 1 is 1.15 bits per heavy atom. The highest BCUT2D eigenvalue weighted by Crippen LogP contribution is 2.54. The van der Waals surface area contributed by atoms with Crippen molar-refractivity contribution in [3.63, 3.8) is 0 Å². The van der Waals surface area contributed by atoms with Gasteiger partial charge in [0.15, 0.2) is 0 Å². The van der Waals surface area contributed by atoms with Crippen molar-refractivity contribution in [2.75, 3.05) is 20.3 Å². The Morgan fingerprint density at radius 2 is 1.62 bits per heavy atom. The molecule has 0 N–H and O–H groups in total. The zero-order valence-electron chi connectivity index (χ0n) is 7.40. The van der Waals surface area contributed by atoms with Gasteiger partial charge in [0.2, 0.25) is 11.8 Å². The second-order valence-electron chi connectivity index (χ2n) is 4.15. The third-order valence-electron chi connectivity index (χ3n) is 3.71. The number of ether oxygens (including phenoxy) is 1. The summed E-state index contributed by atoms with van der Waals surface area (Å²) in [5.41, 5.74) is 0. The van der Waals surface area contributed by atoms with Gasteiger partial charge in [-0.1, -0.05) is 0 Å². The summed E-state index contributed by atoms with van der Waals surface area (Å²) in [6, 6.07) is 0. The molecule has 3 fully saturated rings. The SMILES string of the molecule is CN1C(=O)[C@@H]2[C@H]3COC[C@H]3[C@@H]2C1=O. The van der Waals surface area contributed by atoms with Crippen LogP contribution in [0.1, 0.15) is 0 Å². The Hall–Kier alpha value is -0.900. The lowest BCUT2D eigenvalue weighted by Gasteiger charge is -2.39. The van der Waals surface area contributed by atoms with Crippen molar-refractivity contribution in [3.05, 3.63) is 0 Å². The van der Waals surface area contributed by atoms with E-state index in [0.29, 0.717) is 25.0 Å². The predicted molar refractivity (Wildman–Crippen MR) is 42.6 cm³/mol. The number of nitrogens with zero attached hydrogens (tertiary/aromatic N) is 1. The third kappa shape index (κ3) is 0.668. The van der Waals surface area contributed by atoms with E-state index in [1.54, 1.807) is 7.05 Å². The molecule has 0 aromatic rings. The van der Waals surface area contributed by atoms with Crippen LogP contribution in [-0.2, 0) is 14.3 Å². The minimum atomic E-state index is -0.0509. The number of likely N-dealkylation sites (tertiary alicyclic amines) is 1. The van der Waals surface area contributed by atoms with Gasteiger partial charge in [-0.2, -0.15) is 0 Å². The van der Waals surface area contributed by atoms with E-state index in [2.05, 4.69) is 0 Å². The molecule has 0 spiro atoms. The van der Waals surface area contributed by atoms with Gasteiger partial charge in [0, 0.05) is 18.9 Å². The van der Waals surface area contributed by atoms with Crippen LogP contribution in [0.5, 0.6) is 0 Å². The molecule has 1 aliphatic carbocycles. The first-order valence-corrected chi connectivity index (χ1v) is 4.61. The molecule has 3 rings (SSSR count). The van der Waals surface area contributed by atoms with Gasteiger partial charge in [-0.15, -0.1) is 0 Å². The van der Waals surface area contributed by atoms with Crippen molar-refractivity contribution in [1.82, 2.24) is 4.90 Å². The maximum Gasteiger partial charge on any atom is 0.233 e. The molecule has 13 heavy (non-hydrogen) atoms. The molecule has 3 aliphatic rings. The highest BCUT2D eigenvalue weighted by atomic mass is 16.5. The monoisotopic (exact) mass is 181 g/mol. The molecule has 0 bridgehead atoms. The topological polar surface area (TPSA) is 46.6 Å². The highest BCUT2D eigenvalue weighted by Gasteiger charge is 2.65. The lowest BCUT2D eigenvalue weighted by atomic mass is 9.59. The van der Waals surface area contributed by atoms with E-state index >= 15 is 0 Å². The summed E-state index contributed by atoms with van der Waals surface area (Å²) in [4.78, 5) is 24.4. The number of rotatable bonds is 0. The van der Waals surface area contributed by atoms with E-state index in [1.807, 2.05) is 0 Å². The van der Waals surface area contributed by atoms with Gasteiger partial charge in [0.25, 0.3) is 0 Å². The maximum atomic E-state index is 11.6. The van der Waals surface area contributed by atoms with Crippen LogP contribution >= 0.6 is 0 Å². The zero-order valence-corrected chi connectivity index (χ0v) is 7.40. The summed E-state index contributed by atoms with van der Waals surface area (Å²) in [6.45, 7) is 1.33. The largest absolute Gasteiger partial charge is 0.381 e. The molecule has 2 heterocycles. The minimum Gasteiger partial charge on any atom is -0.381 e. The first-order chi connectivity index (χ1) is 6.22. The molecule has 2 aliphatic heterocycles. The van der Waals surface area contributed by atoms with Crippen LogP contribution in [0, 0.1) is 23.7 Å². The summed E-state index contributed by atoms with van der Waals surface area (Å²) in [5, 5.41) is 0. The molecule has 2 saturated heterocycles. The Bertz CT molecular complexity index is 273. The van der Waals surface area contributed by atoms with Crippen LogP contribution in [0.15, 0.2) is 0 Å². The van der Waals surface area contributed by atoms with Gasteiger partial charge in [0.1, 0.15) is 0 Å². The van der Waals surface area contributed by atoms with Crippen LogP contribution in [0.4, 0.5) is 0 Å². The molecule has 4 heteroatoms. The van der Waals surface area contributed by atoms with Crippen LogP contribution < -0.4 is 0 Å². The van der Waals surface area contributed by atoms with Crippen molar-refractivity contribution in [1.29, 1.82) is 0 Å². The number of hydrogen-bond donors (Lipinski definition) is 0. The number of hydrogen-bond acceptors (Lipinski definition) is 3. The van der Waals surface area contributed by atoms with Crippen molar-refractivity contribution in [2.24, 2.45) is 23.7 Å². The quantitative estimate of drug-likeness (QED) is 0.473. The summed E-state index contributed by atoms with van der Waals surface area (Å²) < 4.78 is 5.28. The minimum absolute atomic E-state index is 0.00162.